The highest BCUT2D eigenvalue weighted by atomic mass is 32.1. The van der Waals surface area contributed by atoms with Crippen molar-refractivity contribution in [1.29, 1.82) is 0 Å². The van der Waals surface area contributed by atoms with E-state index in [9.17, 15) is 4.79 Å². The van der Waals surface area contributed by atoms with Crippen molar-refractivity contribution >= 4 is 27.5 Å². The largest absolute Gasteiger partial charge is 0.335 e. The molecule has 1 aliphatic carbocycles. The molecule has 0 bridgehead atoms. The molecule has 0 spiro atoms. The number of hydrogen-bond acceptors (Lipinski definition) is 5. The molecule has 4 rings (SSSR count). The van der Waals surface area contributed by atoms with E-state index in [4.69, 9.17) is 4.98 Å². The lowest BCUT2D eigenvalue weighted by Gasteiger charge is -2.32. The van der Waals surface area contributed by atoms with Gasteiger partial charge in [-0.25, -0.2) is 9.97 Å². The molecule has 5 nitrogen and oxygen atoms in total. The fourth-order valence-corrected chi connectivity index (χ4v) is 4.45. The average molecular weight is 330 g/mol. The number of aryl methyl sites for hydroxylation is 2. The number of rotatable bonds is 2. The van der Waals surface area contributed by atoms with Gasteiger partial charge < -0.3 is 9.80 Å². The van der Waals surface area contributed by atoms with Gasteiger partial charge in [-0.05, 0) is 39.3 Å². The normalized spacial score (nSPS) is 19.5. The quantitative estimate of drug-likeness (QED) is 0.849. The van der Waals surface area contributed by atoms with Crippen molar-refractivity contribution in [2.45, 2.75) is 32.6 Å². The molecular weight excluding hydrogens is 308 g/mol. The Balaban J connectivity index is 1.71. The van der Waals surface area contributed by atoms with Gasteiger partial charge in [0.05, 0.1) is 10.6 Å². The van der Waals surface area contributed by atoms with E-state index in [0.29, 0.717) is 5.92 Å². The summed E-state index contributed by atoms with van der Waals surface area (Å²) in [7, 11) is 2.10. The van der Waals surface area contributed by atoms with Crippen LogP contribution in [0, 0.1) is 13.8 Å². The van der Waals surface area contributed by atoms with Crippen LogP contribution in [-0.4, -0.2) is 58.9 Å². The van der Waals surface area contributed by atoms with Gasteiger partial charge in [-0.15, -0.1) is 11.3 Å². The van der Waals surface area contributed by atoms with Gasteiger partial charge in [0, 0.05) is 37.5 Å². The third-order valence-electron chi connectivity index (χ3n) is 4.92. The second-order valence-electron chi connectivity index (χ2n) is 6.77. The molecule has 23 heavy (non-hydrogen) atoms. The van der Waals surface area contributed by atoms with Crippen molar-refractivity contribution in [3.05, 3.63) is 22.0 Å². The number of likely N-dealkylation sites (N-methyl/N-ethyl adjacent to an activating group) is 1. The maximum absolute atomic E-state index is 12.9. The van der Waals surface area contributed by atoms with E-state index in [1.54, 1.807) is 11.3 Å². The van der Waals surface area contributed by atoms with Crippen LogP contribution in [0.15, 0.2) is 0 Å². The van der Waals surface area contributed by atoms with Gasteiger partial charge in [0.25, 0.3) is 5.91 Å². The second-order valence-corrected chi connectivity index (χ2v) is 7.77. The first kappa shape index (κ1) is 15.0. The highest BCUT2D eigenvalue weighted by Gasteiger charge is 2.29. The van der Waals surface area contributed by atoms with Gasteiger partial charge in [-0.3, -0.25) is 4.79 Å². The van der Waals surface area contributed by atoms with E-state index in [2.05, 4.69) is 16.9 Å². The summed E-state index contributed by atoms with van der Waals surface area (Å²) in [4.78, 5) is 28.4. The van der Waals surface area contributed by atoms with Crippen LogP contribution in [0.25, 0.3) is 10.2 Å². The van der Waals surface area contributed by atoms with E-state index in [1.807, 2.05) is 18.7 Å². The van der Waals surface area contributed by atoms with E-state index >= 15 is 0 Å². The van der Waals surface area contributed by atoms with Crippen LogP contribution >= 0.6 is 11.3 Å². The fourth-order valence-electron chi connectivity index (χ4n) is 3.24. The maximum Gasteiger partial charge on any atom is 0.264 e. The zero-order chi connectivity index (χ0) is 16.1. The lowest BCUT2D eigenvalue weighted by Crippen LogP contribution is -2.47. The van der Waals surface area contributed by atoms with Crippen LogP contribution in [0.4, 0.5) is 0 Å². The minimum absolute atomic E-state index is 0.158. The third kappa shape index (κ3) is 2.64. The van der Waals surface area contributed by atoms with Crippen LogP contribution in [-0.2, 0) is 0 Å². The Kier molecular flexibility index (Phi) is 3.61. The van der Waals surface area contributed by atoms with E-state index in [-0.39, 0.29) is 5.91 Å². The van der Waals surface area contributed by atoms with E-state index in [0.717, 1.165) is 58.4 Å². The maximum atomic E-state index is 12.9. The zero-order valence-corrected chi connectivity index (χ0v) is 14.7. The third-order valence-corrected chi connectivity index (χ3v) is 6.09. The summed E-state index contributed by atoms with van der Waals surface area (Å²) in [5.41, 5.74) is 2.07. The summed E-state index contributed by atoms with van der Waals surface area (Å²) >= 11 is 1.54. The second kappa shape index (κ2) is 5.53. The molecule has 2 aromatic rings. The van der Waals surface area contributed by atoms with Crippen molar-refractivity contribution in [2.24, 2.45) is 0 Å². The molecule has 0 N–H and O–H groups in total. The van der Waals surface area contributed by atoms with Crippen LogP contribution in [0.2, 0.25) is 0 Å². The number of carbonyl (C=O) groups is 1. The standard InChI is InChI=1S/C17H22N4OS/c1-10-13-11(2)18-15(12-4-5-12)19-16(13)23-14(10)17(22)21-8-6-20(3)7-9-21/h12H,4-9H2,1-3H3. The molecule has 1 aliphatic heterocycles. The predicted octanol–water partition coefficient (Wildman–Crippen LogP) is 2.57. The van der Waals surface area contributed by atoms with Gasteiger partial charge in [-0.2, -0.15) is 0 Å². The van der Waals surface area contributed by atoms with Gasteiger partial charge in [0.2, 0.25) is 0 Å². The van der Waals surface area contributed by atoms with Crippen LogP contribution < -0.4 is 0 Å². The Morgan fingerprint density at radius 3 is 2.48 bits per heavy atom. The first-order valence-corrected chi connectivity index (χ1v) is 9.11. The number of piperazine rings is 1. The Labute approximate surface area is 140 Å². The zero-order valence-electron chi connectivity index (χ0n) is 13.9. The molecule has 3 heterocycles. The lowest BCUT2D eigenvalue weighted by atomic mass is 10.1. The molecule has 2 aliphatic rings. The van der Waals surface area contributed by atoms with E-state index < -0.39 is 0 Å². The van der Waals surface area contributed by atoms with Crippen molar-refractivity contribution in [1.82, 2.24) is 19.8 Å². The summed E-state index contributed by atoms with van der Waals surface area (Å²) in [6.07, 6.45) is 2.39. The van der Waals surface area contributed by atoms with E-state index in [1.165, 1.54) is 12.8 Å². The molecule has 0 radical (unpaired) electrons. The topological polar surface area (TPSA) is 49.3 Å². The first-order valence-electron chi connectivity index (χ1n) is 8.30. The molecule has 0 aromatic carbocycles. The fraction of sp³-hybridized carbons (Fsp3) is 0.588. The molecule has 6 heteroatoms. The molecule has 1 amide bonds. The Morgan fingerprint density at radius 2 is 1.83 bits per heavy atom. The number of nitrogens with zero attached hydrogens (tertiary/aromatic N) is 4. The first-order chi connectivity index (χ1) is 11.0. The monoisotopic (exact) mass is 330 g/mol. The number of fused-ring (bicyclic) bond motifs is 1. The Bertz CT molecular complexity index is 772. The van der Waals surface area contributed by atoms with Gasteiger partial charge >= 0.3 is 0 Å². The van der Waals surface area contributed by atoms with Crippen molar-refractivity contribution in [3.63, 3.8) is 0 Å². The van der Waals surface area contributed by atoms with Gasteiger partial charge in [0.1, 0.15) is 10.7 Å². The molecular formula is C17H22N4OS. The highest BCUT2D eigenvalue weighted by molar-refractivity contribution is 7.20. The Hall–Kier alpha value is -1.53. The molecule has 1 saturated heterocycles. The lowest BCUT2D eigenvalue weighted by molar-refractivity contribution is 0.0668. The number of aromatic nitrogens is 2. The minimum atomic E-state index is 0.158. The molecule has 1 saturated carbocycles. The summed E-state index contributed by atoms with van der Waals surface area (Å²) in [5, 5.41) is 1.08. The highest BCUT2D eigenvalue weighted by Crippen LogP contribution is 2.40. The Morgan fingerprint density at radius 1 is 1.13 bits per heavy atom. The van der Waals surface area contributed by atoms with Gasteiger partial charge in [-0.1, -0.05) is 0 Å². The minimum Gasteiger partial charge on any atom is -0.335 e. The number of thiophene rings is 1. The SMILES string of the molecule is Cc1nc(C2CC2)nc2sc(C(=O)N3CCN(C)CC3)c(C)c12. The molecule has 122 valence electrons. The summed E-state index contributed by atoms with van der Waals surface area (Å²) < 4.78 is 0. The molecule has 0 unspecified atom stereocenters. The number of hydrogen-bond donors (Lipinski definition) is 0. The van der Waals surface area contributed by atoms with Crippen LogP contribution in [0.5, 0.6) is 0 Å². The average Bonchev–Trinajstić information content (AvgIpc) is 3.32. The van der Waals surface area contributed by atoms with Crippen LogP contribution in [0.3, 0.4) is 0 Å². The smallest absolute Gasteiger partial charge is 0.264 e. The number of carbonyl (C=O) groups excluding carboxylic acids is 1. The van der Waals surface area contributed by atoms with Crippen molar-refractivity contribution in [3.8, 4) is 0 Å². The van der Waals surface area contributed by atoms with Gasteiger partial charge in [0.15, 0.2) is 0 Å². The molecule has 2 aromatic heterocycles. The summed E-state index contributed by atoms with van der Waals surface area (Å²) in [6, 6.07) is 0. The van der Waals surface area contributed by atoms with Crippen molar-refractivity contribution in [2.75, 3.05) is 33.2 Å². The summed E-state index contributed by atoms with van der Waals surface area (Å²) in [6.45, 7) is 7.58. The number of amides is 1. The van der Waals surface area contributed by atoms with Crippen LogP contribution in [0.1, 0.15) is 45.5 Å². The predicted molar refractivity (Wildman–Crippen MR) is 92.3 cm³/mol. The molecule has 0 atom stereocenters. The summed E-state index contributed by atoms with van der Waals surface area (Å²) in [5.74, 6) is 1.66. The van der Waals surface area contributed by atoms with Crippen molar-refractivity contribution < 1.29 is 4.79 Å². The molecule has 2 fully saturated rings.